The normalized spacial score (nSPS) is 30.0. The van der Waals surface area contributed by atoms with Crippen LogP contribution in [0.25, 0.3) is 0 Å². The first kappa shape index (κ1) is 14.8. The number of likely N-dealkylation sites (tertiary alicyclic amines) is 1. The van der Waals surface area contributed by atoms with Crippen LogP contribution in [0, 0.1) is 17.8 Å². The van der Waals surface area contributed by atoms with Gasteiger partial charge >= 0.3 is 5.97 Å². The predicted octanol–water partition coefficient (Wildman–Crippen LogP) is 1.83. The van der Waals surface area contributed by atoms with Crippen LogP contribution in [0.2, 0.25) is 0 Å². The molecular formula is C15H21NO4. The second-order valence-corrected chi connectivity index (χ2v) is 5.63. The van der Waals surface area contributed by atoms with Gasteiger partial charge in [-0.3, -0.25) is 14.5 Å². The van der Waals surface area contributed by atoms with Gasteiger partial charge < -0.3 is 5.11 Å². The summed E-state index contributed by atoms with van der Waals surface area (Å²) in [5.41, 5.74) is 0.245. The molecule has 0 radical (unpaired) electrons. The molecule has 20 heavy (non-hydrogen) atoms. The van der Waals surface area contributed by atoms with Gasteiger partial charge in [0.05, 0.1) is 11.8 Å². The van der Waals surface area contributed by atoms with E-state index in [0.717, 1.165) is 19.3 Å². The van der Waals surface area contributed by atoms with Crippen molar-refractivity contribution < 1.29 is 19.5 Å². The number of carboxylic acid groups (broad SMARTS) is 1. The molecule has 5 nitrogen and oxygen atoms in total. The Bertz CT molecular complexity index is 444. The van der Waals surface area contributed by atoms with Crippen LogP contribution in [-0.2, 0) is 14.4 Å². The fourth-order valence-electron chi connectivity index (χ4n) is 3.30. The summed E-state index contributed by atoms with van der Waals surface area (Å²) in [4.78, 5) is 36.7. The molecule has 1 aliphatic carbocycles. The second-order valence-electron chi connectivity index (χ2n) is 5.63. The van der Waals surface area contributed by atoms with Gasteiger partial charge in [0.1, 0.15) is 0 Å². The SMILES string of the molecule is CC/C(=C/CN1C(=O)C2CC(CC)CC2C1=O)C(=O)O. The number of carbonyl (C=O) groups excluding carboxylic acids is 2. The maximum absolute atomic E-state index is 12.3. The van der Waals surface area contributed by atoms with Crippen LogP contribution in [0.5, 0.6) is 0 Å². The average Bonchev–Trinajstić information content (AvgIpc) is 2.93. The van der Waals surface area contributed by atoms with E-state index in [1.54, 1.807) is 6.92 Å². The number of nitrogens with zero attached hydrogens (tertiary/aromatic N) is 1. The fourth-order valence-corrected chi connectivity index (χ4v) is 3.30. The number of fused-ring (bicyclic) bond motifs is 1. The number of aliphatic carboxylic acids is 1. The van der Waals surface area contributed by atoms with Crippen LogP contribution in [0.15, 0.2) is 11.6 Å². The minimum absolute atomic E-state index is 0.0942. The molecular weight excluding hydrogens is 258 g/mol. The average molecular weight is 279 g/mol. The Labute approximate surface area is 118 Å². The highest BCUT2D eigenvalue weighted by molar-refractivity contribution is 6.05. The van der Waals surface area contributed by atoms with Gasteiger partial charge in [-0.1, -0.05) is 26.3 Å². The van der Waals surface area contributed by atoms with E-state index in [2.05, 4.69) is 6.92 Å². The van der Waals surface area contributed by atoms with Crippen molar-refractivity contribution in [3.05, 3.63) is 11.6 Å². The molecule has 1 saturated heterocycles. The quantitative estimate of drug-likeness (QED) is 0.615. The minimum atomic E-state index is -0.988. The summed E-state index contributed by atoms with van der Waals surface area (Å²) in [6, 6.07) is 0. The van der Waals surface area contributed by atoms with Crippen molar-refractivity contribution in [1.29, 1.82) is 0 Å². The van der Waals surface area contributed by atoms with Crippen molar-refractivity contribution in [1.82, 2.24) is 4.90 Å². The Morgan fingerprint density at radius 2 is 1.80 bits per heavy atom. The number of carboxylic acids is 1. The van der Waals surface area contributed by atoms with Crippen molar-refractivity contribution in [2.45, 2.75) is 39.5 Å². The predicted molar refractivity (Wildman–Crippen MR) is 72.7 cm³/mol. The Kier molecular flexibility index (Phi) is 4.26. The Morgan fingerprint density at radius 1 is 1.25 bits per heavy atom. The monoisotopic (exact) mass is 279 g/mol. The van der Waals surface area contributed by atoms with Crippen LogP contribution in [0.1, 0.15) is 39.5 Å². The summed E-state index contributed by atoms with van der Waals surface area (Å²) < 4.78 is 0. The van der Waals surface area contributed by atoms with Gasteiger partial charge in [-0.25, -0.2) is 4.79 Å². The highest BCUT2D eigenvalue weighted by atomic mass is 16.4. The number of imide groups is 1. The molecule has 0 aromatic rings. The third-order valence-electron chi connectivity index (χ3n) is 4.58. The van der Waals surface area contributed by atoms with Crippen molar-refractivity contribution in [3.8, 4) is 0 Å². The lowest BCUT2D eigenvalue weighted by Gasteiger charge is -2.16. The van der Waals surface area contributed by atoms with Gasteiger partial charge in [0.2, 0.25) is 11.8 Å². The van der Waals surface area contributed by atoms with Crippen LogP contribution >= 0.6 is 0 Å². The molecule has 1 heterocycles. The van der Waals surface area contributed by atoms with E-state index in [1.165, 1.54) is 11.0 Å². The van der Waals surface area contributed by atoms with Gasteiger partial charge in [-0.2, -0.15) is 0 Å². The number of rotatable bonds is 5. The lowest BCUT2D eigenvalue weighted by atomic mass is 10.00. The lowest BCUT2D eigenvalue weighted by Crippen LogP contribution is -2.32. The summed E-state index contributed by atoms with van der Waals surface area (Å²) in [6.45, 7) is 3.92. The standard InChI is InChI=1S/C15H21NO4/c1-3-9-7-11-12(8-9)14(18)16(13(11)17)6-5-10(4-2)15(19)20/h5,9,11-12H,3-4,6-8H2,1-2H3,(H,19,20)/b10-5-. The van der Waals surface area contributed by atoms with Crippen LogP contribution < -0.4 is 0 Å². The molecule has 2 amide bonds. The minimum Gasteiger partial charge on any atom is -0.478 e. The Morgan fingerprint density at radius 3 is 2.20 bits per heavy atom. The molecule has 1 aliphatic heterocycles. The molecule has 5 heteroatoms. The lowest BCUT2D eigenvalue weighted by molar-refractivity contribution is -0.140. The van der Waals surface area contributed by atoms with Gasteiger partial charge in [0.25, 0.3) is 0 Å². The van der Waals surface area contributed by atoms with Crippen molar-refractivity contribution in [2.24, 2.45) is 17.8 Å². The highest BCUT2D eigenvalue weighted by Gasteiger charge is 2.51. The first-order valence-electron chi connectivity index (χ1n) is 7.27. The van der Waals surface area contributed by atoms with Gasteiger partial charge in [-0.15, -0.1) is 0 Å². The third kappa shape index (κ3) is 2.49. The molecule has 1 N–H and O–H groups in total. The van der Waals surface area contributed by atoms with E-state index < -0.39 is 5.97 Å². The van der Waals surface area contributed by atoms with Gasteiger partial charge in [0, 0.05) is 12.1 Å². The zero-order valence-electron chi connectivity index (χ0n) is 12.0. The number of carbonyl (C=O) groups is 3. The first-order chi connectivity index (χ1) is 9.49. The van der Waals surface area contributed by atoms with Crippen molar-refractivity contribution >= 4 is 17.8 Å². The molecule has 2 rings (SSSR count). The smallest absolute Gasteiger partial charge is 0.331 e. The summed E-state index contributed by atoms with van der Waals surface area (Å²) in [7, 11) is 0. The maximum atomic E-state index is 12.3. The second kappa shape index (κ2) is 5.77. The Balaban J connectivity index is 2.07. The van der Waals surface area contributed by atoms with Crippen LogP contribution in [0.4, 0.5) is 0 Å². The molecule has 2 aliphatic rings. The van der Waals surface area contributed by atoms with Gasteiger partial charge in [-0.05, 0) is 25.2 Å². The molecule has 2 atom stereocenters. The van der Waals surface area contributed by atoms with Crippen LogP contribution in [0.3, 0.4) is 0 Å². The summed E-state index contributed by atoms with van der Waals surface area (Å²) in [5.74, 6) is -1.09. The van der Waals surface area contributed by atoms with Crippen LogP contribution in [-0.4, -0.2) is 34.3 Å². The molecule has 0 aromatic heterocycles. The molecule has 1 saturated carbocycles. The summed E-state index contributed by atoms with van der Waals surface area (Å²) >= 11 is 0. The highest BCUT2D eigenvalue weighted by Crippen LogP contribution is 2.44. The molecule has 110 valence electrons. The number of hydrogen-bond donors (Lipinski definition) is 1. The topological polar surface area (TPSA) is 74.7 Å². The third-order valence-corrected chi connectivity index (χ3v) is 4.58. The largest absolute Gasteiger partial charge is 0.478 e. The van der Waals surface area contributed by atoms with E-state index in [1.807, 2.05) is 0 Å². The fraction of sp³-hybridized carbons (Fsp3) is 0.667. The van der Waals surface area contributed by atoms with E-state index in [9.17, 15) is 14.4 Å². The van der Waals surface area contributed by atoms with E-state index in [4.69, 9.17) is 5.11 Å². The molecule has 2 fully saturated rings. The van der Waals surface area contributed by atoms with Crippen molar-refractivity contribution in [3.63, 3.8) is 0 Å². The van der Waals surface area contributed by atoms with E-state index >= 15 is 0 Å². The van der Waals surface area contributed by atoms with Crippen molar-refractivity contribution in [2.75, 3.05) is 6.54 Å². The maximum Gasteiger partial charge on any atom is 0.331 e. The molecule has 0 aromatic carbocycles. The zero-order valence-corrected chi connectivity index (χ0v) is 12.0. The number of amides is 2. The van der Waals surface area contributed by atoms with E-state index in [0.29, 0.717) is 12.3 Å². The Hall–Kier alpha value is -1.65. The number of hydrogen-bond acceptors (Lipinski definition) is 3. The molecule has 2 unspecified atom stereocenters. The summed E-state index contributed by atoms with van der Waals surface area (Å²) in [6.07, 6.45) is 4.47. The molecule has 0 spiro atoms. The van der Waals surface area contributed by atoms with Gasteiger partial charge in [0.15, 0.2) is 0 Å². The first-order valence-corrected chi connectivity index (χ1v) is 7.27. The summed E-state index contributed by atoms with van der Waals surface area (Å²) in [5, 5.41) is 8.95. The zero-order chi connectivity index (χ0) is 14.9. The van der Waals surface area contributed by atoms with E-state index in [-0.39, 0.29) is 35.8 Å². The molecule has 0 bridgehead atoms.